The van der Waals surface area contributed by atoms with Crippen molar-refractivity contribution in [1.29, 1.82) is 0 Å². The third-order valence-corrected chi connectivity index (χ3v) is 6.54. The molecule has 0 radical (unpaired) electrons. The highest BCUT2D eigenvalue weighted by Gasteiger charge is 2.50. The molecule has 1 aromatic heterocycles. The molecule has 1 aromatic carbocycles. The van der Waals surface area contributed by atoms with Crippen molar-refractivity contribution in [2.75, 3.05) is 33.2 Å². The number of nitrogens with zero attached hydrogens (tertiary/aromatic N) is 4. The first-order valence-electron chi connectivity index (χ1n) is 11.6. The van der Waals surface area contributed by atoms with Crippen LogP contribution in [0.2, 0.25) is 5.02 Å². The van der Waals surface area contributed by atoms with Gasteiger partial charge in [-0.1, -0.05) is 23.7 Å². The molecule has 2 aromatic rings. The number of alkyl halides is 4. The lowest BCUT2D eigenvalue weighted by Gasteiger charge is -2.32. The van der Waals surface area contributed by atoms with Gasteiger partial charge in [0.15, 0.2) is 11.5 Å². The van der Waals surface area contributed by atoms with Gasteiger partial charge >= 0.3 is 12.1 Å². The highest BCUT2D eigenvalue weighted by Crippen LogP contribution is 2.39. The second-order valence-electron chi connectivity index (χ2n) is 9.16. The summed E-state index contributed by atoms with van der Waals surface area (Å²) in [6.07, 6.45) is -2.74. The molecule has 1 amide bonds. The van der Waals surface area contributed by atoms with Crippen LogP contribution in [0, 0.1) is 6.92 Å². The number of carboxylic acid groups (broad SMARTS) is 1. The summed E-state index contributed by atoms with van der Waals surface area (Å²) in [5, 5.41) is 10.5. The monoisotopic (exact) mass is 545 g/mol. The predicted molar refractivity (Wildman–Crippen MR) is 129 cm³/mol. The van der Waals surface area contributed by atoms with Crippen molar-refractivity contribution in [3.05, 3.63) is 46.2 Å². The maximum absolute atomic E-state index is 14.0. The van der Waals surface area contributed by atoms with E-state index < -0.39 is 23.7 Å². The van der Waals surface area contributed by atoms with Crippen LogP contribution >= 0.6 is 11.6 Å². The van der Waals surface area contributed by atoms with E-state index in [1.807, 2.05) is 25.1 Å². The fourth-order valence-corrected chi connectivity index (χ4v) is 3.67. The molecule has 37 heavy (non-hydrogen) atoms. The topological polar surface area (TPSA) is 98.7 Å². The van der Waals surface area contributed by atoms with Crippen LogP contribution < -0.4 is 5.32 Å². The smallest absolute Gasteiger partial charge is 0.475 e. The summed E-state index contributed by atoms with van der Waals surface area (Å²) >= 11 is 6.29. The quantitative estimate of drug-likeness (QED) is 0.535. The van der Waals surface area contributed by atoms with E-state index >= 15 is 0 Å². The molecule has 1 aliphatic carbocycles. The number of hydrogen-bond acceptors (Lipinski definition) is 6. The molecule has 8 nitrogen and oxygen atoms in total. The Morgan fingerprint density at radius 2 is 1.81 bits per heavy atom. The van der Waals surface area contributed by atoms with E-state index in [-0.39, 0.29) is 6.54 Å². The largest absolute Gasteiger partial charge is 0.490 e. The molecule has 0 bridgehead atoms. The fraction of sp³-hybridized carbons (Fsp3) is 0.500. The van der Waals surface area contributed by atoms with E-state index in [9.17, 15) is 22.4 Å². The average molecular weight is 546 g/mol. The number of nitrogens with one attached hydrogen (secondary N) is 1. The number of piperazine rings is 1. The summed E-state index contributed by atoms with van der Waals surface area (Å²) in [5.41, 5.74) is 1.83. The van der Waals surface area contributed by atoms with Crippen LogP contribution in [0.25, 0.3) is 11.4 Å². The summed E-state index contributed by atoms with van der Waals surface area (Å²) < 4.78 is 45.7. The van der Waals surface area contributed by atoms with Gasteiger partial charge in [0, 0.05) is 61.6 Å². The molecule has 1 saturated carbocycles. The molecule has 0 unspecified atom stereocenters. The van der Waals surface area contributed by atoms with Crippen molar-refractivity contribution in [2.45, 2.75) is 44.7 Å². The van der Waals surface area contributed by atoms with Gasteiger partial charge < -0.3 is 15.3 Å². The zero-order chi connectivity index (χ0) is 27.4. The lowest BCUT2D eigenvalue weighted by atomic mass is 10.1. The Bertz CT molecular complexity index is 1140. The lowest BCUT2D eigenvalue weighted by molar-refractivity contribution is -0.192. The van der Waals surface area contributed by atoms with E-state index in [0.29, 0.717) is 30.2 Å². The van der Waals surface area contributed by atoms with Crippen molar-refractivity contribution in [2.24, 2.45) is 0 Å². The second-order valence-corrected chi connectivity index (χ2v) is 9.57. The summed E-state index contributed by atoms with van der Waals surface area (Å²) in [5.74, 6) is -2.70. The second kappa shape index (κ2) is 11.7. The van der Waals surface area contributed by atoms with Crippen LogP contribution in [0.1, 0.15) is 29.7 Å². The normalized spacial score (nSPS) is 17.5. The summed E-state index contributed by atoms with van der Waals surface area (Å²) in [4.78, 5) is 34.9. The van der Waals surface area contributed by atoms with E-state index in [1.165, 1.54) is 0 Å². The first-order chi connectivity index (χ1) is 17.3. The number of carbonyl (C=O) groups excluding carboxylic acids is 1. The van der Waals surface area contributed by atoms with Crippen molar-refractivity contribution >= 4 is 23.5 Å². The van der Waals surface area contributed by atoms with Gasteiger partial charge in [0.25, 0.3) is 5.91 Å². The van der Waals surface area contributed by atoms with Crippen LogP contribution in [0.3, 0.4) is 0 Å². The highest BCUT2D eigenvalue weighted by atomic mass is 35.5. The summed E-state index contributed by atoms with van der Waals surface area (Å²) in [6.45, 7) is 6.74. The number of likely N-dealkylation sites (N-methyl/N-ethyl adjacent to an activating group) is 1. The van der Waals surface area contributed by atoms with Crippen molar-refractivity contribution < 1.29 is 32.3 Å². The number of aryl methyl sites for hydroxylation is 1. The third kappa shape index (κ3) is 8.08. The average Bonchev–Trinajstić information content (AvgIpc) is 3.59. The number of aromatic nitrogens is 2. The van der Waals surface area contributed by atoms with E-state index in [0.717, 1.165) is 48.6 Å². The molecule has 13 heteroatoms. The van der Waals surface area contributed by atoms with Gasteiger partial charge in [-0.3, -0.25) is 9.69 Å². The van der Waals surface area contributed by atoms with Gasteiger partial charge in [-0.05, 0) is 38.4 Å². The Balaban J connectivity index is 0.000000479. The molecule has 2 heterocycles. The minimum absolute atomic E-state index is 0.225. The number of halogens is 5. The van der Waals surface area contributed by atoms with Crippen LogP contribution in [0.5, 0.6) is 0 Å². The number of amides is 1. The van der Waals surface area contributed by atoms with Gasteiger partial charge in [0.05, 0.1) is 5.69 Å². The molecule has 0 spiro atoms. The summed E-state index contributed by atoms with van der Waals surface area (Å²) in [7, 11) is 2.12. The fourth-order valence-electron chi connectivity index (χ4n) is 3.49. The SMILES string of the molecule is Cc1ccc(-c2ncc(CNC(=O)C3(F)CC3)c(CN3CCN(C)CC3)n2)cc1Cl.O=C(O)C(F)(F)F. The van der Waals surface area contributed by atoms with Gasteiger partial charge in [0.1, 0.15) is 0 Å². The minimum Gasteiger partial charge on any atom is -0.475 e. The van der Waals surface area contributed by atoms with E-state index in [1.54, 1.807) is 6.20 Å². The number of aliphatic carboxylic acids is 1. The Morgan fingerprint density at radius 3 is 2.35 bits per heavy atom. The first kappa shape index (κ1) is 28.7. The highest BCUT2D eigenvalue weighted by molar-refractivity contribution is 6.31. The number of benzene rings is 1. The zero-order valence-corrected chi connectivity index (χ0v) is 21.2. The Morgan fingerprint density at radius 1 is 1.19 bits per heavy atom. The molecule has 2 N–H and O–H groups in total. The van der Waals surface area contributed by atoms with Crippen molar-refractivity contribution in [3.63, 3.8) is 0 Å². The molecule has 2 aliphatic rings. The lowest BCUT2D eigenvalue weighted by Crippen LogP contribution is -2.44. The molecule has 4 rings (SSSR count). The van der Waals surface area contributed by atoms with Crippen molar-refractivity contribution in [3.8, 4) is 11.4 Å². The molecular formula is C24H28ClF4N5O3. The maximum atomic E-state index is 14.0. The van der Waals surface area contributed by atoms with Crippen LogP contribution in [0.15, 0.2) is 24.4 Å². The Hall–Kier alpha value is -2.83. The third-order valence-electron chi connectivity index (χ3n) is 6.13. The molecular weight excluding hydrogens is 518 g/mol. The summed E-state index contributed by atoms with van der Waals surface area (Å²) in [6, 6.07) is 5.77. The van der Waals surface area contributed by atoms with E-state index in [4.69, 9.17) is 26.5 Å². The minimum atomic E-state index is -5.08. The molecule has 0 atom stereocenters. The van der Waals surface area contributed by atoms with Crippen molar-refractivity contribution in [1.82, 2.24) is 25.1 Å². The molecule has 1 aliphatic heterocycles. The van der Waals surface area contributed by atoms with Crippen LogP contribution in [-0.2, 0) is 22.7 Å². The first-order valence-corrected chi connectivity index (χ1v) is 12.0. The number of rotatable bonds is 6. The molecule has 2 fully saturated rings. The predicted octanol–water partition coefficient (Wildman–Crippen LogP) is 3.60. The standard InChI is InChI=1S/C22H27ClFN5O.C2HF3O2/c1-15-3-4-16(11-18(15)23)20-25-12-17(13-26-21(30)22(24)5-6-22)19(27-20)14-29-9-7-28(2)8-10-29;3-2(4,5)1(6)7/h3-4,11-12H,5-10,13-14H2,1-2H3,(H,26,30);(H,6,7). The number of carbonyl (C=O) groups is 2. The van der Waals surface area contributed by atoms with E-state index in [2.05, 4.69) is 27.1 Å². The van der Waals surface area contributed by atoms with Gasteiger partial charge in [-0.2, -0.15) is 13.2 Å². The van der Waals surface area contributed by atoms with Gasteiger partial charge in [-0.25, -0.2) is 19.2 Å². The number of hydrogen-bond donors (Lipinski definition) is 2. The molecule has 1 saturated heterocycles. The Labute approximate surface area is 216 Å². The van der Waals surface area contributed by atoms with Crippen LogP contribution in [0.4, 0.5) is 17.6 Å². The maximum Gasteiger partial charge on any atom is 0.490 e. The number of carboxylic acids is 1. The van der Waals surface area contributed by atoms with Crippen LogP contribution in [-0.4, -0.2) is 81.8 Å². The van der Waals surface area contributed by atoms with Gasteiger partial charge in [-0.15, -0.1) is 0 Å². The Kier molecular flexibility index (Phi) is 9.09. The van der Waals surface area contributed by atoms with Gasteiger partial charge in [0.2, 0.25) is 0 Å². The zero-order valence-electron chi connectivity index (χ0n) is 20.4. The molecule has 202 valence electrons.